The molecule has 0 radical (unpaired) electrons. The van der Waals surface area contributed by atoms with Gasteiger partial charge >= 0.3 is 5.97 Å². The zero-order chi connectivity index (χ0) is 22.1. The predicted octanol–water partition coefficient (Wildman–Crippen LogP) is 3.29. The van der Waals surface area contributed by atoms with Gasteiger partial charge in [0, 0.05) is 23.8 Å². The van der Waals surface area contributed by atoms with Crippen LogP contribution in [0.15, 0.2) is 23.5 Å². The van der Waals surface area contributed by atoms with Gasteiger partial charge < -0.3 is 14.9 Å². The monoisotopic (exact) mass is 416 g/mol. The Morgan fingerprint density at radius 3 is 2.50 bits per heavy atom. The molecule has 164 valence electrons. The van der Waals surface area contributed by atoms with E-state index in [-0.39, 0.29) is 35.2 Å². The van der Waals surface area contributed by atoms with E-state index >= 15 is 0 Å². The Kier molecular flexibility index (Phi) is 4.81. The van der Waals surface area contributed by atoms with Crippen molar-refractivity contribution in [1.29, 1.82) is 0 Å². The maximum atomic E-state index is 12.9. The molecule has 7 atom stereocenters. The number of hydrogen-bond donors (Lipinski definition) is 2. The van der Waals surface area contributed by atoms with Crippen LogP contribution in [0.1, 0.15) is 59.8 Å². The summed E-state index contributed by atoms with van der Waals surface area (Å²) in [6.45, 7) is 7.01. The van der Waals surface area contributed by atoms with E-state index in [2.05, 4.69) is 6.92 Å². The second-order valence-corrected chi connectivity index (χ2v) is 10.3. The van der Waals surface area contributed by atoms with Crippen LogP contribution in [0, 0.1) is 34.5 Å². The SMILES string of the molecule is CC(=O)OCC(=O)[C@@]1(O)CC[C@H]2[C@@H]3C[C@H](C)C4=CC(=O)C=C(O)[C@]4(C)[C@H]3CC[C@@]21C. The van der Waals surface area contributed by atoms with Crippen LogP contribution >= 0.6 is 0 Å². The Hall–Kier alpha value is -1.95. The molecule has 6 nitrogen and oxygen atoms in total. The Balaban J connectivity index is 1.67. The van der Waals surface area contributed by atoms with E-state index in [1.54, 1.807) is 6.08 Å². The van der Waals surface area contributed by atoms with Gasteiger partial charge in [0.05, 0.1) is 0 Å². The fourth-order valence-electron chi connectivity index (χ4n) is 7.46. The van der Waals surface area contributed by atoms with Gasteiger partial charge in [-0.15, -0.1) is 0 Å². The summed E-state index contributed by atoms with van der Waals surface area (Å²) in [5, 5.41) is 22.4. The van der Waals surface area contributed by atoms with Crippen LogP contribution < -0.4 is 0 Å². The number of ketones is 2. The van der Waals surface area contributed by atoms with E-state index in [4.69, 9.17) is 4.74 Å². The van der Waals surface area contributed by atoms with Gasteiger partial charge in [0.15, 0.2) is 12.4 Å². The first-order valence-electron chi connectivity index (χ1n) is 11.0. The number of aliphatic hydroxyl groups excluding tert-OH is 1. The van der Waals surface area contributed by atoms with Crippen molar-refractivity contribution in [3.8, 4) is 0 Å². The van der Waals surface area contributed by atoms with Crippen LogP contribution in [0.4, 0.5) is 0 Å². The molecule has 0 aromatic carbocycles. The van der Waals surface area contributed by atoms with Gasteiger partial charge in [-0.2, -0.15) is 0 Å². The zero-order valence-corrected chi connectivity index (χ0v) is 18.2. The quantitative estimate of drug-likeness (QED) is 0.685. The average molecular weight is 417 g/mol. The summed E-state index contributed by atoms with van der Waals surface area (Å²) in [6, 6.07) is 0. The lowest BCUT2D eigenvalue weighted by atomic mass is 9.45. The molecule has 0 unspecified atom stereocenters. The van der Waals surface area contributed by atoms with E-state index < -0.39 is 34.8 Å². The largest absolute Gasteiger partial charge is 0.511 e. The lowest BCUT2D eigenvalue weighted by molar-refractivity contribution is -0.169. The Labute approximate surface area is 177 Å². The summed E-state index contributed by atoms with van der Waals surface area (Å²) >= 11 is 0. The summed E-state index contributed by atoms with van der Waals surface area (Å²) in [5.74, 6) is -0.279. The van der Waals surface area contributed by atoms with Crippen LogP contribution in [-0.2, 0) is 19.1 Å². The Morgan fingerprint density at radius 1 is 1.17 bits per heavy atom. The first-order valence-corrected chi connectivity index (χ1v) is 11.0. The van der Waals surface area contributed by atoms with Gasteiger partial charge in [-0.05, 0) is 74.3 Å². The molecule has 0 amide bonds. The summed E-state index contributed by atoms with van der Waals surface area (Å²) < 4.78 is 4.91. The summed E-state index contributed by atoms with van der Waals surface area (Å²) in [4.78, 5) is 36.1. The molecule has 0 spiro atoms. The highest BCUT2D eigenvalue weighted by molar-refractivity contribution is 6.01. The first-order chi connectivity index (χ1) is 13.9. The maximum absolute atomic E-state index is 12.9. The van der Waals surface area contributed by atoms with E-state index in [0.717, 1.165) is 24.8 Å². The zero-order valence-electron chi connectivity index (χ0n) is 18.2. The maximum Gasteiger partial charge on any atom is 0.303 e. The summed E-state index contributed by atoms with van der Waals surface area (Å²) in [7, 11) is 0. The molecule has 0 heterocycles. The van der Waals surface area contributed by atoms with Gasteiger partial charge in [-0.25, -0.2) is 0 Å². The molecule has 6 heteroatoms. The van der Waals surface area contributed by atoms with Gasteiger partial charge in [0.25, 0.3) is 0 Å². The van der Waals surface area contributed by atoms with Crippen molar-refractivity contribution in [3.63, 3.8) is 0 Å². The van der Waals surface area contributed by atoms with Gasteiger partial charge in [0.1, 0.15) is 11.4 Å². The van der Waals surface area contributed by atoms with Crippen LogP contribution in [0.5, 0.6) is 0 Å². The molecule has 30 heavy (non-hydrogen) atoms. The van der Waals surface area contributed by atoms with Crippen LogP contribution in [0.3, 0.4) is 0 Å². The molecule has 2 N–H and O–H groups in total. The van der Waals surface area contributed by atoms with Crippen molar-refractivity contribution in [1.82, 2.24) is 0 Å². The number of hydrogen-bond acceptors (Lipinski definition) is 6. The third kappa shape index (κ3) is 2.68. The van der Waals surface area contributed by atoms with Crippen molar-refractivity contribution in [2.45, 2.75) is 65.4 Å². The van der Waals surface area contributed by atoms with Crippen molar-refractivity contribution in [3.05, 3.63) is 23.5 Å². The minimum atomic E-state index is -1.50. The summed E-state index contributed by atoms with van der Waals surface area (Å²) in [5.41, 5.74) is -1.65. The number of fused-ring (bicyclic) bond motifs is 5. The molecule has 3 saturated carbocycles. The van der Waals surface area contributed by atoms with E-state index in [1.165, 1.54) is 13.0 Å². The van der Waals surface area contributed by atoms with Crippen LogP contribution in [-0.4, -0.2) is 40.0 Å². The molecule has 0 aliphatic heterocycles. The third-order valence-corrected chi connectivity index (χ3v) is 9.06. The first kappa shape index (κ1) is 21.3. The predicted molar refractivity (Wildman–Crippen MR) is 109 cm³/mol. The highest BCUT2D eigenvalue weighted by Gasteiger charge is 2.67. The van der Waals surface area contributed by atoms with Crippen molar-refractivity contribution in [2.75, 3.05) is 6.61 Å². The number of esters is 1. The minimum absolute atomic E-state index is 0.133. The second kappa shape index (κ2) is 6.78. The Morgan fingerprint density at radius 2 is 1.83 bits per heavy atom. The molecule has 0 saturated heterocycles. The lowest BCUT2D eigenvalue weighted by Gasteiger charge is -2.59. The van der Waals surface area contributed by atoms with Gasteiger partial charge in [-0.1, -0.05) is 13.8 Å². The molecule has 0 bridgehead atoms. The number of rotatable bonds is 3. The number of ether oxygens (including phenoxy) is 1. The van der Waals surface area contributed by atoms with E-state index in [1.807, 2.05) is 13.8 Å². The third-order valence-electron chi connectivity index (χ3n) is 9.06. The number of carbonyl (C=O) groups excluding carboxylic acids is 3. The summed E-state index contributed by atoms with van der Waals surface area (Å²) in [6.07, 6.45) is 6.42. The van der Waals surface area contributed by atoms with Gasteiger partial charge in [-0.3, -0.25) is 14.4 Å². The fourth-order valence-corrected chi connectivity index (χ4v) is 7.46. The lowest BCUT2D eigenvalue weighted by Crippen LogP contribution is -2.59. The normalized spacial score (nSPS) is 44.9. The van der Waals surface area contributed by atoms with Gasteiger partial charge in [0.2, 0.25) is 5.78 Å². The number of aliphatic hydroxyl groups is 2. The van der Waals surface area contributed by atoms with E-state index in [9.17, 15) is 24.6 Å². The minimum Gasteiger partial charge on any atom is -0.511 e. The number of carbonyl (C=O) groups is 3. The highest BCUT2D eigenvalue weighted by Crippen LogP contribution is 2.68. The van der Waals surface area contributed by atoms with Crippen molar-refractivity contribution in [2.24, 2.45) is 34.5 Å². The molecule has 4 aliphatic rings. The van der Waals surface area contributed by atoms with Crippen molar-refractivity contribution >= 4 is 17.5 Å². The van der Waals surface area contributed by atoms with E-state index in [0.29, 0.717) is 12.8 Å². The van der Waals surface area contributed by atoms with Crippen molar-refractivity contribution < 1.29 is 29.3 Å². The number of Topliss-reactive ketones (excluding diaryl/α,β-unsaturated/α-hetero) is 1. The molecule has 4 aliphatic carbocycles. The standard InChI is InChI=1S/C24H32O6/c1-13-9-16-17-6-8-24(29,21(28)12-30-14(2)25)22(17,3)7-5-18(16)23(4)19(13)10-15(26)11-20(23)27/h10-11,13,16-18,27,29H,5-9,12H2,1-4H3/t13-,16-,17-,18-,22-,23+,24-/m0/s1. The molecular weight excluding hydrogens is 384 g/mol. The fraction of sp³-hybridized carbons (Fsp3) is 0.708. The second-order valence-electron chi connectivity index (χ2n) is 10.3. The van der Waals surface area contributed by atoms with Crippen LogP contribution in [0.25, 0.3) is 0 Å². The molecule has 4 rings (SSSR count). The molecule has 0 aromatic heterocycles. The highest BCUT2D eigenvalue weighted by atomic mass is 16.5. The Bertz CT molecular complexity index is 871. The topological polar surface area (TPSA) is 101 Å². The molecule has 0 aromatic rings. The number of allylic oxidation sites excluding steroid dienone is 3. The molecule has 3 fully saturated rings. The smallest absolute Gasteiger partial charge is 0.303 e. The van der Waals surface area contributed by atoms with Crippen LogP contribution in [0.2, 0.25) is 0 Å². The average Bonchev–Trinajstić information content (AvgIpc) is 2.94. The molecular formula is C24H32O6.